The van der Waals surface area contributed by atoms with Gasteiger partial charge in [0.05, 0.1) is 12.1 Å². The summed E-state index contributed by atoms with van der Waals surface area (Å²) in [5.41, 5.74) is -0.353. The minimum Gasteiger partial charge on any atom is -0.388 e. The minimum absolute atomic E-state index is 0. The van der Waals surface area contributed by atoms with Crippen molar-refractivity contribution in [2.45, 2.75) is 58.6 Å². The van der Waals surface area contributed by atoms with Gasteiger partial charge in [-0.1, -0.05) is 13.8 Å². The molecule has 0 aliphatic carbocycles. The van der Waals surface area contributed by atoms with Gasteiger partial charge in [0.2, 0.25) is 0 Å². The van der Waals surface area contributed by atoms with E-state index in [2.05, 4.69) is 44.8 Å². The Morgan fingerprint density at radius 3 is 2.27 bits per heavy atom. The van der Waals surface area contributed by atoms with Gasteiger partial charge in [-0.15, -0.1) is 24.0 Å². The molecule has 2 heterocycles. The Labute approximate surface area is 151 Å². The Hall–Kier alpha value is -0.0800. The number of hydrogen-bond acceptors (Lipinski definition) is 3. The van der Waals surface area contributed by atoms with Crippen molar-refractivity contribution >= 4 is 29.9 Å². The lowest BCUT2D eigenvalue weighted by atomic mass is 9.65. The monoisotopic (exact) mass is 425 g/mol. The zero-order valence-corrected chi connectivity index (χ0v) is 16.9. The molecule has 0 bridgehead atoms. The highest BCUT2D eigenvalue weighted by atomic mass is 127. The number of halogens is 1. The summed E-state index contributed by atoms with van der Waals surface area (Å²) in [7, 11) is 0. The molecule has 2 aliphatic heterocycles. The molecular formula is C16H32IN3O2. The Morgan fingerprint density at radius 2 is 1.82 bits per heavy atom. The van der Waals surface area contributed by atoms with Gasteiger partial charge in [-0.3, -0.25) is 4.99 Å². The number of aliphatic imine (C=N–C) groups is 1. The molecule has 2 rings (SSSR count). The van der Waals surface area contributed by atoms with Crippen LogP contribution in [0.3, 0.4) is 0 Å². The summed E-state index contributed by atoms with van der Waals surface area (Å²) in [6.45, 7) is 14.7. The van der Waals surface area contributed by atoms with Gasteiger partial charge in [-0.05, 0) is 20.8 Å². The molecule has 0 aromatic rings. The molecule has 5 nitrogen and oxygen atoms in total. The van der Waals surface area contributed by atoms with Crippen molar-refractivity contribution in [1.29, 1.82) is 0 Å². The van der Waals surface area contributed by atoms with Crippen LogP contribution in [0.15, 0.2) is 4.99 Å². The maximum Gasteiger partial charge on any atom is 0.194 e. The predicted molar refractivity (Wildman–Crippen MR) is 101 cm³/mol. The fourth-order valence-corrected chi connectivity index (χ4v) is 2.93. The van der Waals surface area contributed by atoms with Crippen LogP contribution >= 0.6 is 24.0 Å². The summed E-state index contributed by atoms with van der Waals surface area (Å²) in [6, 6.07) is 0. The largest absolute Gasteiger partial charge is 0.388 e. The maximum atomic E-state index is 10.6. The molecule has 0 radical (unpaired) electrons. The van der Waals surface area contributed by atoms with Crippen molar-refractivity contribution in [2.75, 3.05) is 32.8 Å². The number of rotatable bonds is 3. The van der Waals surface area contributed by atoms with Gasteiger partial charge < -0.3 is 20.1 Å². The molecule has 0 aromatic carbocycles. The molecule has 0 aromatic heterocycles. The first-order valence-corrected chi connectivity index (χ1v) is 8.08. The summed E-state index contributed by atoms with van der Waals surface area (Å²) in [5, 5.41) is 13.9. The van der Waals surface area contributed by atoms with Crippen LogP contribution in [0, 0.1) is 5.41 Å². The van der Waals surface area contributed by atoms with Gasteiger partial charge in [0, 0.05) is 50.1 Å². The van der Waals surface area contributed by atoms with Crippen LogP contribution in [-0.4, -0.2) is 60.0 Å². The highest BCUT2D eigenvalue weighted by Gasteiger charge is 2.53. The molecule has 2 aliphatic rings. The molecular weight excluding hydrogens is 393 g/mol. The van der Waals surface area contributed by atoms with Crippen LogP contribution in [0.5, 0.6) is 0 Å². The molecule has 130 valence electrons. The van der Waals surface area contributed by atoms with Crippen molar-refractivity contribution < 1.29 is 9.84 Å². The fraction of sp³-hybridized carbons (Fsp3) is 0.938. The van der Waals surface area contributed by atoms with Gasteiger partial charge in [0.1, 0.15) is 0 Å². The van der Waals surface area contributed by atoms with Crippen molar-refractivity contribution in [3.05, 3.63) is 0 Å². The normalized spacial score (nSPS) is 25.9. The second-order valence-corrected chi connectivity index (χ2v) is 7.54. The number of likely N-dealkylation sites (tertiary alicyclic amines) is 1. The van der Waals surface area contributed by atoms with E-state index in [9.17, 15) is 5.11 Å². The Bertz CT molecular complexity index is 404. The van der Waals surface area contributed by atoms with E-state index in [0.29, 0.717) is 32.6 Å². The van der Waals surface area contributed by atoms with E-state index in [1.165, 1.54) is 0 Å². The number of hydrogen-bond donors (Lipinski definition) is 2. The van der Waals surface area contributed by atoms with E-state index in [-0.39, 0.29) is 34.9 Å². The number of aliphatic hydroxyl groups is 1. The highest BCUT2D eigenvalue weighted by molar-refractivity contribution is 14.0. The lowest BCUT2D eigenvalue weighted by molar-refractivity contribution is -0.0696. The minimum atomic E-state index is -0.705. The molecule has 2 N–H and O–H groups in total. The van der Waals surface area contributed by atoms with Crippen molar-refractivity contribution in [3.63, 3.8) is 0 Å². The molecule has 2 saturated heterocycles. The number of nitrogens with zero attached hydrogens (tertiary/aromatic N) is 2. The first-order chi connectivity index (χ1) is 9.72. The van der Waals surface area contributed by atoms with Crippen molar-refractivity contribution in [3.8, 4) is 0 Å². The zero-order valence-electron chi connectivity index (χ0n) is 14.6. The van der Waals surface area contributed by atoms with E-state index in [0.717, 1.165) is 19.0 Å². The second-order valence-electron chi connectivity index (χ2n) is 7.54. The quantitative estimate of drug-likeness (QED) is 0.414. The van der Waals surface area contributed by atoms with Crippen LogP contribution in [0.4, 0.5) is 0 Å². The van der Waals surface area contributed by atoms with Crippen molar-refractivity contribution in [1.82, 2.24) is 10.2 Å². The van der Waals surface area contributed by atoms with Crippen molar-refractivity contribution in [2.24, 2.45) is 10.4 Å². The molecule has 22 heavy (non-hydrogen) atoms. The SMILES string of the molecule is CCNC(=NCC1(O)CCOCC1)N1CC(C)(C)C1(C)C.I. The summed E-state index contributed by atoms with van der Waals surface area (Å²) in [6.07, 6.45) is 1.34. The fourth-order valence-electron chi connectivity index (χ4n) is 2.93. The van der Waals surface area contributed by atoms with E-state index < -0.39 is 5.60 Å². The van der Waals surface area contributed by atoms with E-state index in [1.54, 1.807) is 0 Å². The summed E-state index contributed by atoms with van der Waals surface area (Å²) in [4.78, 5) is 7.04. The average Bonchev–Trinajstić information content (AvgIpc) is 2.42. The van der Waals surface area contributed by atoms with E-state index in [1.807, 2.05) is 0 Å². The van der Waals surface area contributed by atoms with E-state index in [4.69, 9.17) is 9.73 Å². The van der Waals surface area contributed by atoms with Gasteiger partial charge in [-0.2, -0.15) is 0 Å². The van der Waals surface area contributed by atoms with Crippen LogP contribution in [0.2, 0.25) is 0 Å². The predicted octanol–water partition coefficient (Wildman–Crippen LogP) is 2.23. The van der Waals surface area contributed by atoms with Gasteiger partial charge in [0.25, 0.3) is 0 Å². The molecule has 0 amide bonds. The first kappa shape index (κ1) is 20.0. The van der Waals surface area contributed by atoms with E-state index >= 15 is 0 Å². The lowest BCUT2D eigenvalue weighted by Gasteiger charge is -2.62. The first-order valence-electron chi connectivity index (χ1n) is 8.08. The van der Waals surface area contributed by atoms with Crippen LogP contribution in [-0.2, 0) is 4.74 Å². The zero-order chi connectivity index (χ0) is 15.7. The second kappa shape index (κ2) is 7.21. The molecule has 2 fully saturated rings. The van der Waals surface area contributed by atoms with Gasteiger partial charge in [0.15, 0.2) is 5.96 Å². The number of ether oxygens (including phenoxy) is 1. The highest BCUT2D eigenvalue weighted by Crippen LogP contribution is 2.46. The smallest absolute Gasteiger partial charge is 0.194 e. The van der Waals surface area contributed by atoms with Gasteiger partial charge in [-0.25, -0.2) is 0 Å². The third-order valence-corrected chi connectivity index (χ3v) is 5.42. The van der Waals surface area contributed by atoms with Gasteiger partial charge >= 0.3 is 0 Å². The maximum absolute atomic E-state index is 10.6. The molecule has 0 saturated carbocycles. The standard InChI is InChI=1S/C16H31N3O2.HI/c1-6-17-13(19-12-14(2,3)15(19,4)5)18-11-16(20)7-9-21-10-8-16;/h20H,6-12H2,1-5H3,(H,17,18);1H. The molecule has 0 spiro atoms. The Balaban J connectivity index is 0.00000242. The topological polar surface area (TPSA) is 57.1 Å². The Morgan fingerprint density at radius 1 is 1.23 bits per heavy atom. The lowest BCUT2D eigenvalue weighted by Crippen LogP contribution is -2.72. The summed E-state index contributed by atoms with van der Waals surface area (Å²) >= 11 is 0. The third-order valence-electron chi connectivity index (χ3n) is 5.42. The number of nitrogens with one attached hydrogen (secondary N) is 1. The third kappa shape index (κ3) is 3.87. The Kier molecular flexibility index (Phi) is 6.55. The summed E-state index contributed by atoms with van der Waals surface area (Å²) < 4.78 is 5.32. The van der Waals surface area contributed by atoms with Crippen LogP contribution in [0.1, 0.15) is 47.5 Å². The molecule has 0 unspecified atom stereocenters. The van der Waals surface area contributed by atoms with Crippen LogP contribution in [0.25, 0.3) is 0 Å². The average molecular weight is 425 g/mol. The molecule has 0 atom stereocenters. The number of guanidine groups is 1. The summed E-state index contributed by atoms with van der Waals surface area (Å²) in [5.74, 6) is 0.918. The molecule has 6 heteroatoms. The van der Waals surface area contributed by atoms with Crippen LogP contribution < -0.4 is 5.32 Å².